The zero-order chi connectivity index (χ0) is 25.8. The Balaban J connectivity index is 1.97. The number of nitriles is 1. The van der Waals surface area contributed by atoms with E-state index in [0.29, 0.717) is 17.2 Å². The average molecular weight is 485 g/mol. The Hall–Kier alpha value is -3.11. The van der Waals surface area contributed by atoms with Gasteiger partial charge in [0.1, 0.15) is 0 Å². The van der Waals surface area contributed by atoms with Gasteiger partial charge in [0.2, 0.25) is 5.75 Å². The predicted molar refractivity (Wildman–Crippen MR) is 138 cm³/mol. The van der Waals surface area contributed by atoms with Crippen molar-refractivity contribution in [2.24, 2.45) is 5.92 Å². The average Bonchev–Trinajstić information content (AvgIpc) is 2.89. The summed E-state index contributed by atoms with van der Waals surface area (Å²) in [6.07, 6.45) is 3.56. The second-order valence-electron chi connectivity index (χ2n) is 8.80. The smallest absolute Gasteiger partial charge is 0.203 e. The van der Waals surface area contributed by atoms with Crippen molar-refractivity contribution in [1.82, 2.24) is 5.32 Å². The summed E-state index contributed by atoms with van der Waals surface area (Å²) in [5.41, 5.74) is 1.45. The summed E-state index contributed by atoms with van der Waals surface area (Å²) in [5.74, 6) is 3.27. The molecule has 0 aromatic heterocycles. The van der Waals surface area contributed by atoms with E-state index in [1.165, 1.54) is 5.56 Å². The van der Waals surface area contributed by atoms with Crippen LogP contribution in [0.15, 0.2) is 30.3 Å². The van der Waals surface area contributed by atoms with E-state index in [0.717, 1.165) is 55.8 Å². The van der Waals surface area contributed by atoms with Crippen LogP contribution in [-0.2, 0) is 11.8 Å². The quantitative estimate of drug-likeness (QED) is 0.350. The minimum absolute atomic E-state index is 0.111. The van der Waals surface area contributed by atoms with Crippen molar-refractivity contribution in [3.8, 4) is 34.8 Å². The van der Waals surface area contributed by atoms with Crippen molar-refractivity contribution < 1.29 is 23.7 Å². The normalized spacial score (nSPS) is 12.5. The van der Waals surface area contributed by atoms with Crippen molar-refractivity contribution in [3.05, 3.63) is 41.5 Å². The molecule has 0 saturated heterocycles. The van der Waals surface area contributed by atoms with Crippen molar-refractivity contribution in [2.75, 3.05) is 48.6 Å². The molecule has 0 bridgehead atoms. The number of aryl methyl sites for hydroxylation is 1. The first-order valence-electron chi connectivity index (χ1n) is 12.0. The first-order valence-corrected chi connectivity index (χ1v) is 12.0. The standard InChI is InChI=1S/C28H40N2O5/c1-20(2)28(19-29,22-17-25(33-5)27(35-7)26(18-22)34-6)13-9-15-30-14-8-10-21-11-12-23(31-3)24(16-21)32-4/h11-12,16-18,20,30H,8-10,13-15H2,1-7H3. The molecule has 2 aromatic rings. The summed E-state index contributed by atoms with van der Waals surface area (Å²) in [6, 6.07) is 12.5. The van der Waals surface area contributed by atoms with Gasteiger partial charge in [-0.3, -0.25) is 0 Å². The third kappa shape index (κ3) is 6.73. The summed E-state index contributed by atoms with van der Waals surface area (Å²) >= 11 is 0. The van der Waals surface area contributed by atoms with Crippen LogP contribution in [0.3, 0.4) is 0 Å². The fourth-order valence-corrected chi connectivity index (χ4v) is 4.43. The van der Waals surface area contributed by atoms with Gasteiger partial charge in [0.15, 0.2) is 23.0 Å². The summed E-state index contributed by atoms with van der Waals surface area (Å²) in [7, 11) is 8.06. The summed E-state index contributed by atoms with van der Waals surface area (Å²) < 4.78 is 27.2. The molecule has 0 spiro atoms. The van der Waals surface area contributed by atoms with Crippen LogP contribution in [0.2, 0.25) is 0 Å². The molecule has 35 heavy (non-hydrogen) atoms. The molecule has 1 atom stereocenters. The van der Waals surface area contributed by atoms with Gasteiger partial charge in [-0.15, -0.1) is 0 Å². The van der Waals surface area contributed by atoms with Gasteiger partial charge in [-0.2, -0.15) is 5.26 Å². The van der Waals surface area contributed by atoms with Gasteiger partial charge in [0, 0.05) is 0 Å². The topological polar surface area (TPSA) is 82.0 Å². The molecular weight excluding hydrogens is 444 g/mol. The highest BCUT2D eigenvalue weighted by Gasteiger charge is 2.37. The van der Waals surface area contributed by atoms with E-state index in [-0.39, 0.29) is 5.92 Å². The number of methoxy groups -OCH3 is 5. The lowest BCUT2D eigenvalue weighted by atomic mass is 9.69. The minimum atomic E-state index is -0.659. The number of ether oxygens (including phenoxy) is 5. The Kier molecular flexibility index (Phi) is 11.0. The number of rotatable bonds is 15. The molecule has 7 nitrogen and oxygen atoms in total. The Bertz CT molecular complexity index is 961. The summed E-state index contributed by atoms with van der Waals surface area (Å²) in [4.78, 5) is 0. The number of hydrogen-bond donors (Lipinski definition) is 1. The Morgan fingerprint density at radius 3 is 1.91 bits per heavy atom. The van der Waals surface area contributed by atoms with Gasteiger partial charge in [-0.1, -0.05) is 19.9 Å². The molecule has 0 heterocycles. The van der Waals surface area contributed by atoms with Crippen molar-refractivity contribution in [3.63, 3.8) is 0 Å². The molecule has 0 aliphatic rings. The monoisotopic (exact) mass is 484 g/mol. The molecular formula is C28H40N2O5. The fraction of sp³-hybridized carbons (Fsp3) is 0.536. The molecule has 0 aliphatic carbocycles. The number of hydrogen-bond acceptors (Lipinski definition) is 7. The van der Waals surface area contributed by atoms with Crippen LogP contribution in [0.25, 0.3) is 0 Å². The zero-order valence-electron chi connectivity index (χ0n) is 22.2. The zero-order valence-corrected chi connectivity index (χ0v) is 22.2. The summed E-state index contributed by atoms with van der Waals surface area (Å²) in [6.45, 7) is 5.91. The van der Waals surface area contributed by atoms with Crippen LogP contribution in [-0.4, -0.2) is 48.6 Å². The molecule has 1 N–H and O–H groups in total. The maximum Gasteiger partial charge on any atom is 0.203 e. The fourth-order valence-electron chi connectivity index (χ4n) is 4.43. The lowest BCUT2D eigenvalue weighted by molar-refractivity contribution is 0.316. The lowest BCUT2D eigenvalue weighted by Gasteiger charge is -2.32. The Morgan fingerprint density at radius 1 is 0.800 bits per heavy atom. The molecule has 0 amide bonds. The molecule has 2 rings (SSSR count). The number of benzene rings is 2. The highest BCUT2D eigenvalue weighted by atomic mass is 16.5. The van der Waals surface area contributed by atoms with E-state index in [4.69, 9.17) is 23.7 Å². The van der Waals surface area contributed by atoms with Crippen molar-refractivity contribution in [1.29, 1.82) is 5.26 Å². The second-order valence-corrected chi connectivity index (χ2v) is 8.80. The third-order valence-electron chi connectivity index (χ3n) is 6.56. The molecule has 0 aliphatic heterocycles. The molecule has 0 fully saturated rings. The van der Waals surface area contributed by atoms with Crippen LogP contribution < -0.4 is 29.0 Å². The summed E-state index contributed by atoms with van der Waals surface area (Å²) in [5, 5.41) is 13.8. The highest BCUT2D eigenvalue weighted by Crippen LogP contribution is 2.45. The van der Waals surface area contributed by atoms with E-state index >= 15 is 0 Å². The van der Waals surface area contributed by atoms with Gasteiger partial charge in [-0.05, 0) is 80.1 Å². The molecule has 1 unspecified atom stereocenters. The van der Waals surface area contributed by atoms with E-state index in [9.17, 15) is 5.26 Å². The first-order chi connectivity index (χ1) is 16.9. The molecule has 0 radical (unpaired) electrons. The third-order valence-corrected chi connectivity index (χ3v) is 6.56. The highest BCUT2D eigenvalue weighted by molar-refractivity contribution is 5.56. The van der Waals surface area contributed by atoms with Crippen molar-refractivity contribution >= 4 is 0 Å². The van der Waals surface area contributed by atoms with Gasteiger partial charge in [0.05, 0.1) is 47.0 Å². The molecule has 0 saturated carbocycles. The molecule has 192 valence electrons. The van der Waals surface area contributed by atoms with E-state index in [2.05, 4.69) is 31.3 Å². The SMILES string of the molecule is COc1ccc(CCCNCCCC(C#N)(c2cc(OC)c(OC)c(OC)c2)C(C)C)cc1OC. The maximum atomic E-state index is 10.3. The first kappa shape index (κ1) is 28.1. The largest absolute Gasteiger partial charge is 0.493 e. The van der Waals surface area contributed by atoms with Gasteiger partial charge in [0.25, 0.3) is 0 Å². The minimum Gasteiger partial charge on any atom is -0.493 e. The molecule has 2 aromatic carbocycles. The number of nitrogens with zero attached hydrogens (tertiary/aromatic N) is 1. The molecule has 7 heteroatoms. The van der Waals surface area contributed by atoms with Crippen LogP contribution in [0, 0.1) is 17.2 Å². The van der Waals surface area contributed by atoms with E-state index in [1.807, 2.05) is 24.3 Å². The maximum absolute atomic E-state index is 10.3. The van der Waals surface area contributed by atoms with E-state index in [1.54, 1.807) is 35.5 Å². The Labute approximate surface area is 210 Å². The van der Waals surface area contributed by atoms with Crippen LogP contribution in [0.5, 0.6) is 28.7 Å². The van der Waals surface area contributed by atoms with Crippen LogP contribution in [0.4, 0.5) is 0 Å². The van der Waals surface area contributed by atoms with Crippen molar-refractivity contribution in [2.45, 2.75) is 44.9 Å². The number of nitrogens with one attached hydrogen (secondary N) is 1. The van der Waals surface area contributed by atoms with Crippen LogP contribution >= 0.6 is 0 Å². The van der Waals surface area contributed by atoms with Gasteiger partial charge >= 0.3 is 0 Å². The lowest BCUT2D eigenvalue weighted by Crippen LogP contribution is -2.32. The Morgan fingerprint density at radius 2 is 1.40 bits per heavy atom. The van der Waals surface area contributed by atoms with Crippen LogP contribution in [0.1, 0.15) is 44.2 Å². The second kappa shape index (κ2) is 13.7. The predicted octanol–water partition coefficient (Wildman–Crippen LogP) is 5.15. The van der Waals surface area contributed by atoms with Gasteiger partial charge in [-0.25, -0.2) is 0 Å². The van der Waals surface area contributed by atoms with E-state index < -0.39 is 5.41 Å². The van der Waals surface area contributed by atoms with Gasteiger partial charge < -0.3 is 29.0 Å².